The molecule has 2 nitrogen and oxygen atoms in total. The number of halogens is 2. The highest BCUT2D eigenvalue weighted by atomic mass is 35.5. The van der Waals surface area contributed by atoms with Gasteiger partial charge in [0.2, 0.25) is 0 Å². The van der Waals surface area contributed by atoms with Crippen molar-refractivity contribution < 1.29 is 4.39 Å². The molecule has 1 fully saturated rings. The van der Waals surface area contributed by atoms with Gasteiger partial charge < -0.3 is 0 Å². The lowest BCUT2D eigenvalue weighted by Gasteiger charge is -2.33. The fraction of sp³-hybridized carbons (Fsp3) is 0.571. The summed E-state index contributed by atoms with van der Waals surface area (Å²) in [6, 6.07) is 4.41. The van der Waals surface area contributed by atoms with E-state index in [4.69, 9.17) is 17.4 Å². The quantitative estimate of drug-likeness (QED) is 0.647. The highest BCUT2D eigenvalue weighted by Gasteiger charge is 2.28. The van der Waals surface area contributed by atoms with Crippen LogP contribution in [0.4, 0.5) is 4.39 Å². The Bertz CT molecular complexity index is 411. The Labute approximate surface area is 113 Å². The molecule has 100 valence electrons. The molecule has 18 heavy (non-hydrogen) atoms. The summed E-state index contributed by atoms with van der Waals surface area (Å²) in [5.41, 5.74) is 3.60. The SMILES string of the molecule is CC1CCCC(C(NN)c2cc(F)ccc2Cl)C1. The second-order valence-electron chi connectivity index (χ2n) is 5.34. The third kappa shape index (κ3) is 3.02. The molecule has 1 aromatic carbocycles. The second-order valence-corrected chi connectivity index (χ2v) is 5.75. The minimum absolute atomic E-state index is 0.0593. The maximum atomic E-state index is 13.4. The molecule has 3 unspecified atom stereocenters. The van der Waals surface area contributed by atoms with Crippen LogP contribution in [0.25, 0.3) is 0 Å². The number of hydrogen-bond donors (Lipinski definition) is 2. The van der Waals surface area contributed by atoms with E-state index in [0.717, 1.165) is 18.4 Å². The molecule has 3 atom stereocenters. The van der Waals surface area contributed by atoms with E-state index in [0.29, 0.717) is 16.9 Å². The van der Waals surface area contributed by atoms with Gasteiger partial charge in [-0.3, -0.25) is 11.3 Å². The van der Waals surface area contributed by atoms with Crippen molar-refractivity contribution in [3.05, 3.63) is 34.6 Å². The first kappa shape index (κ1) is 13.8. The Morgan fingerprint density at radius 3 is 2.89 bits per heavy atom. The van der Waals surface area contributed by atoms with E-state index in [2.05, 4.69) is 12.3 Å². The van der Waals surface area contributed by atoms with Gasteiger partial charge in [-0.1, -0.05) is 31.4 Å². The highest BCUT2D eigenvalue weighted by molar-refractivity contribution is 6.31. The molecule has 1 aromatic rings. The molecule has 0 bridgehead atoms. The van der Waals surface area contributed by atoms with Crippen molar-refractivity contribution in [1.82, 2.24) is 5.43 Å². The molecule has 0 amide bonds. The van der Waals surface area contributed by atoms with E-state index < -0.39 is 0 Å². The van der Waals surface area contributed by atoms with Crippen LogP contribution < -0.4 is 11.3 Å². The molecular weight excluding hydrogens is 251 g/mol. The summed E-state index contributed by atoms with van der Waals surface area (Å²) >= 11 is 6.16. The van der Waals surface area contributed by atoms with Crippen molar-refractivity contribution in [2.24, 2.45) is 17.7 Å². The minimum Gasteiger partial charge on any atom is -0.271 e. The minimum atomic E-state index is -0.265. The number of benzene rings is 1. The highest BCUT2D eigenvalue weighted by Crippen LogP contribution is 2.38. The van der Waals surface area contributed by atoms with Gasteiger partial charge in [-0.2, -0.15) is 0 Å². The molecule has 0 spiro atoms. The Kier molecular flexibility index (Phi) is 4.60. The van der Waals surface area contributed by atoms with Gasteiger partial charge in [0.1, 0.15) is 5.82 Å². The van der Waals surface area contributed by atoms with Crippen LogP contribution in [0.2, 0.25) is 5.02 Å². The van der Waals surface area contributed by atoms with Crippen molar-refractivity contribution in [3.8, 4) is 0 Å². The van der Waals surface area contributed by atoms with Crippen LogP contribution in [-0.2, 0) is 0 Å². The first-order valence-corrected chi connectivity index (χ1v) is 6.90. The molecule has 0 radical (unpaired) electrons. The molecule has 0 aromatic heterocycles. The largest absolute Gasteiger partial charge is 0.271 e. The first-order valence-electron chi connectivity index (χ1n) is 6.53. The van der Waals surface area contributed by atoms with Crippen LogP contribution in [-0.4, -0.2) is 0 Å². The predicted octanol–water partition coefficient (Wildman–Crippen LogP) is 3.81. The Hall–Kier alpha value is -0.640. The molecule has 4 heteroatoms. The summed E-state index contributed by atoms with van der Waals surface area (Å²) in [6.45, 7) is 2.26. The smallest absolute Gasteiger partial charge is 0.123 e. The van der Waals surface area contributed by atoms with Crippen molar-refractivity contribution in [2.75, 3.05) is 0 Å². The molecule has 1 aliphatic rings. The summed E-state index contributed by atoms with van der Waals surface area (Å²) in [4.78, 5) is 0. The van der Waals surface area contributed by atoms with E-state index in [1.54, 1.807) is 6.07 Å². The third-order valence-electron chi connectivity index (χ3n) is 3.92. The van der Waals surface area contributed by atoms with Gasteiger partial charge in [0, 0.05) is 5.02 Å². The van der Waals surface area contributed by atoms with Gasteiger partial charge in [0.25, 0.3) is 0 Å². The lowest BCUT2D eigenvalue weighted by molar-refractivity contribution is 0.224. The normalized spacial score (nSPS) is 26.0. The van der Waals surface area contributed by atoms with Crippen LogP contribution in [0, 0.1) is 17.7 Å². The van der Waals surface area contributed by atoms with Crippen molar-refractivity contribution in [3.63, 3.8) is 0 Å². The Balaban J connectivity index is 2.24. The molecule has 3 N–H and O–H groups in total. The molecule has 2 rings (SSSR count). The van der Waals surface area contributed by atoms with E-state index in [1.807, 2.05) is 0 Å². The second kappa shape index (κ2) is 6.00. The summed E-state index contributed by atoms with van der Waals surface area (Å²) in [6.07, 6.45) is 4.70. The fourth-order valence-electron chi connectivity index (χ4n) is 3.02. The van der Waals surface area contributed by atoms with Crippen molar-refractivity contribution >= 4 is 11.6 Å². The summed E-state index contributed by atoms with van der Waals surface area (Å²) in [5.74, 6) is 6.53. The number of hydrogen-bond acceptors (Lipinski definition) is 2. The zero-order chi connectivity index (χ0) is 13.1. The standard InChI is InChI=1S/C14H20ClFN2/c1-9-3-2-4-10(7-9)14(18-17)12-8-11(16)5-6-13(12)15/h5-6,8-10,14,18H,2-4,7,17H2,1H3. The monoisotopic (exact) mass is 270 g/mol. The lowest BCUT2D eigenvalue weighted by Crippen LogP contribution is -2.35. The number of hydrazine groups is 1. The lowest BCUT2D eigenvalue weighted by atomic mass is 9.77. The first-order chi connectivity index (χ1) is 8.61. The van der Waals surface area contributed by atoms with Gasteiger partial charge in [-0.15, -0.1) is 0 Å². The maximum absolute atomic E-state index is 13.4. The van der Waals surface area contributed by atoms with Crippen LogP contribution in [0.5, 0.6) is 0 Å². The summed E-state index contributed by atoms with van der Waals surface area (Å²) < 4.78 is 13.4. The number of rotatable bonds is 3. The summed E-state index contributed by atoms with van der Waals surface area (Å²) in [5, 5.41) is 0.581. The molecule has 0 saturated heterocycles. The van der Waals surface area contributed by atoms with Crippen LogP contribution in [0.1, 0.15) is 44.2 Å². The summed E-state index contributed by atoms with van der Waals surface area (Å²) in [7, 11) is 0. The Morgan fingerprint density at radius 1 is 1.44 bits per heavy atom. The number of nitrogens with two attached hydrogens (primary N) is 1. The van der Waals surface area contributed by atoms with Crippen molar-refractivity contribution in [1.29, 1.82) is 0 Å². The molecule has 0 aliphatic heterocycles. The van der Waals surface area contributed by atoms with E-state index in [9.17, 15) is 4.39 Å². The van der Waals surface area contributed by atoms with Gasteiger partial charge in [-0.05, 0) is 48.4 Å². The zero-order valence-corrected chi connectivity index (χ0v) is 11.4. The predicted molar refractivity (Wildman–Crippen MR) is 72.6 cm³/mol. The van der Waals surface area contributed by atoms with E-state index >= 15 is 0 Å². The molecule has 1 saturated carbocycles. The van der Waals surface area contributed by atoms with Crippen molar-refractivity contribution in [2.45, 2.75) is 38.6 Å². The van der Waals surface area contributed by atoms with Crippen LogP contribution in [0.15, 0.2) is 18.2 Å². The average molecular weight is 271 g/mol. The fourth-order valence-corrected chi connectivity index (χ4v) is 3.25. The van der Waals surface area contributed by atoms with Gasteiger partial charge in [-0.25, -0.2) is 4.39 Å². The van der Waals surface area contributed by atoms with Crippen LogP contribution in [0.3, 0.4) is 0 Å². The number of nitrogens with one attached hydrogen (secondary N) is 1. The third-order valence-corrected chi connectivity index (χ3v) is 4.27. The maximum Gasteiger partial charge on any atom is 0.123 e. The molecule has 0 heterocycles. The molecular formula is C14H20ClFN2. The van der Waals surface area contributed by atoms with E-state index in [-0.39, 0.29) is 11.9 Å². The zero-order valence-electron chi connectivity index (χ0n) is 10.6. The topological polar surface area (TPSA) is 38.0 Å². The van der Waals surface area contributed by atoms with E-state index in [1.165, 1.54) is 25.0 Å². The van der Waals surface area contributed by atoms with Crippen LogP contribution >= 0.6 is 11.6 Å². The van der Waals surface area contributed by atoms with Gasteiger partial charge in [0.05, 0.1) is 6.04 Å². The molecule has 1 aliphatic carbocycles. The van der Waals surface area contributed by atoms with Gasteiger partial charge >= 0.3 is 0 Å². The Morgan fingerprint density at radius 2 is 2.22 bits per heavy atom. The van der Waals surface area contributed by atoms with Gasteiger partial charge in [0.15, 0.2) is 0 Å². The average Bonchev–Trinajstić information content (AvgIpc) is 2.35.